The Morgan fingerprint density at radius 1 is 1.19 bits per heavy atom. The molecule has 8 heteroatoms. The van der Waals surface area contributed by atoms with E-state index in [0.717, 1.165) is 5.56 Å². The molecule has 3 heterocycles. The van der Waals surface area contributed by atoms with Gasteiger partial charge in [-0.15, -0.1) is 0 Å². The highest BCUT2D eigenvalue weighted by atomic mass is 16.5. The number of rotatable bonds is 4. The minimum atomic E-state index is -0.540. The molecule has 0 spiro atoms. The van der Waals surface area contributed by atoms with Crippen LogP contribution in [0.15, 0.2) is 48.7 Å². The average molecular weight is 364 g/mol. The number of ether oxygens (including phenoxy) is 2. The molecular weight excluding hydrogens is 348 g/mol. The molecule has 8 nitrogen and oxygen atoms in total. The van der Waals surface area contributed by atoms with E-state index in [0.29, 0.717) is 23.0 Å². The lowest BCUT2D eigenvalue weighted by Gasteiger charge is -2.22. The van der Waals surface area contributed by atoms with Crippen LogP contribution in [0.5, 0.6) is 11.6 Å². The molecule has 4 rings (SSSR count). The van der Waals surface area contributed by atoms with Crippen molar-refractivity contribution in [3.05, 3.63) is 65.5 Å². The van der Waals surface area contributed by atoms with E-state index in [1.807, 2.05) is 36.4 Å². The number of anilines is 1. The summed E-state index contributed by atoms with van der Waals surface area (Å²) in [7, 11) is 1.29. The number of H-pyrrole nitrogens is 1. The Labute approximate surface area is 154 Å². The van der Waals surface area contributed by atoms with Crippen molar-refractivity contribution in [3.8, 4) is 11.6 Å². The second-order valence-corrected chi connectivity index (χ2v) is 6.00. The second-order valence-electron chi connectivity index (χ2n) is 6.00. The number of nitrogens with one attached hydrogen (secondary N) is 2. The smallest absolute Gasteiger partial charge is 0.356 e. The Bertz CT molecular complexity index is 983. The summed E-state index contributed by atoms with van der Waals surface area (Å²) in [5.41, 5.74) is 1.60. The number of hydrogen-bond donors (Lipinski definition) is 2. The van der Waals surface area contributed by atoms with Gasteiger partial charge in [-0.25, -0.2) is 9.78 Å². The molecule has 0 aliphatic carbocycles. The largest absolute Gasteiger partial charge is 0.464 e. The van der Waals surface area contributed by atoms with Crippen LogP contribution in [-0.4, -0.2) is 34.2 Å². The van der Waals surface area contributed by atoms with E-state index in [1.165, 1.54) is 7.11 Å². The zero-order valence-corrected chi connectivity index (χ0v) is 14.4. The summed E-state index contributed by atoms with van der Waals surface area (Å²) < 4.78 is 10.5. The maximum atomic E-state index is 12.0. The fraction of sp³-hybridized carbons (Fsp3) is 0.158. The molecule has 1 aliphatic heterocycles. The van der Waals surface area contributed by atoms with Crippen molar-refractivity contribution in [2.75, 3.05) is 12.4 Å². The van der Waals surface area contributed by atoms with Gasteiger partial charge in [-0.2, -0.15) is 5.10 Å². The van der Waals surface area contributed by atoms with Crippen molar-refractivity contribution in [2.24, 2.45) is 0 Å². The standard InChI is InChI=1S/C19H16N4O4/c1-26-19(25)17-16-13(9-14(24)21-18(16)23-22-17)11-7-8-15(20-10-11)27-12-5-3-2-4-6-12/h2-8,10,13H,9H2,1H3,(H2,21,22,23,24)/t13-/m1/s1. The SMILES string of the molecule is COC(=O)c1[nH]nc2c1[C@@H](c1ccc(Oc3ccccc3)nc1)CC(=O)N2. The Morgan fingerprint density at radius 3 is 2.70 bits per heavy atom. The van der Waals surface area contributed by atoms with Gasteiger partial charge in [-0.05, 0) is 17.7 Å². The first kappa shape index (κ1) is 16.8. The van der Waals surface area contributed by atoms with Crippen molar-refractivity contribution in [3.63, 3.8) is 0 Å². The van der Waals surface area contributed by atoms with Gasteiger partial charge in [-0.3, -0.25) is 9.89 Å². The first-order valence-electron chi connectivity index (χ1n) is 8.31. The molecule has 1 aliphatic rings. The molecule has 0 bridgehead atoms. The molecule has 0 radical (unpaired) electrons. The van der Waals surface area contributed by atoms with E-state index in [-0.39, 0.29) is 23.9 Å². The number of para-hydroxylation sites is 1. The summed E-state index contributed by atoms with van der Waals surface area (Å²) in [5, 5.41) is 9.34. The van der Waals surface area contributed by atoms with E-state index in [4.69, 9.17) is 9.47 Å². The number of carbonyl (C=O) groups excluding carboxylic acids is 2. The highest BCUT2D eigenvalue weighted by Gasteiger charge is 2.34. The third kappa shape index (κ3) is 3.24. The van der Waals surface area contributed by atoms with Crippen molar-refractivity contribution >= 4 is 17.7 Å². The van der Waals surface area contributed by atoms with E-state index in [9.17, 15) is 9.59 Å². The molecule has 1 atom stereocenters. The Kier molecular flexibility index (Phi) is 4.29. The molecule has 27 heavy (non-hydrogen) atoms. The highest BCUT2D eigenvalue weighted by Crippen LogP contribution is 2.38. The van der Waals surface area contributed by atoms with Crippen LogP contribution >= 0.6 is 0 Å². The number of pyridine rings is 1. The van der Waals surface area contributed by atoms with E-state index in [2.05, 4.69) is 20.5 Å². The van der Waals surface area contributed by atoms with Gasteiger partial charge in [0.2, 0.25) is 11.8 Å². The topological polar surface area (TPSA) is 106 Å². The maximum absolute atomic E-state index is 12.0. The molecule has 0 unspecified atom stereocenters. The van der Waals surface area contributed by atoms with Crippen molar-refractivity contribution in [2.45, 2.75) is 12.3 Å². The van der Waals surface area contributed by atoms with Gasteiger partial charge in [0.15, 0.2) is 5.82 Å². The van der Waals surface area contributed by atoms with Gasteiger partial charge in [-0.1, -0.05) is 24.3 Å². The van der Waals surface area contributed by atoms with Gasteiger partial charge in [0.05, 0.1) is 7.11 Å². The number of benzene rings is 1. The first-order chi connectivity index (χ1) is 13.2. The number of hydrogen-bond acceptors (Lipinski definition) is 6. The summed E-state index contributed by atoms with van der Waals surface area (Å²) in [6.45, 7) is 0. The van der Waals surface area contributed by atoms with Crippen LogP contribution in [0.1, 0.15) is 34.0 Å². The second kappa shape index (κ2) is 6.91. The van der Waals surface area contributed by atoms with Gasteiger partial charge in [0.25, 0.3) is 0 Å². The number of nitrogens with zero attached hydrogens (tertiary/aromatic N) is 2. The van der Waals surface area contributed by atoms with Crippen LogP contribution < -0.4 is 10.1 Å². The van der Waals surface area contributed by atoms with E-state index < -0.39 is 5.97 Å². The van der Waals surface area contributed by atoms with E-state index >= 15 is 0 Å². The third-order valence-corrected chi connectivity index (χ3v) is 4.32. The third-order valence-electron chi connectivity index (χ3n) is 4.32. The van der Waals surface area contributed by atoms with Gasteiger partial charge >= 0.3 is 5.97 Å². The lowest BCUT2D eigenvalue weighted by Crippen LogP contribution is -2.24. The van der Waals surface area contributed by atoms with E-state index in [1.54, 1.807) is 12.3 Å². The number of fused-ring (bicyclic) bond motifs is 1. The minimum Gasteiger partial charge on any atom is -0.464 e. The average Bonchev–Trinajstić information content (AvgIpc) is 3.12. The monoisotopic (exact) mass is 364 g/mol. The summed E-state index contributed by atoms with van der Waals surface area (Å²) in [6.07, 6.45) is 1.82. The molecule has 2 aromatic heterocycles. The Hall–Kier alpha value is -3.68. The fourth-order valence-corrected chi connectivity index (χ4v) is 3.07. The highest BCUT2D eigenvalue weighted by molar-refractivity contribution is 5.98. The number of esters is 1. The number of aromatic nitrogens is 3. The predicted octanol–water partition coefficient (Wildman–Crippen LogP) is 2.86. The normalized spacial score (nSPS) is 15.6. The number of amides is 1. The lowest BCUT2D eigenvalue weighted by molar-refractivity contribution is -0.116. The zero-order valence-electron chi connectivity index (χ0n) is 14.4. The van der Waals surface area contributed by atoms with Crippen LogP contribution in [0.3, 0.4) is 0 Å². The maximum Gasteiger partial charge on any atom is 0.356 e. The minimum absolute atomic E-state index is 0.178. The van der Waals surface area contributed by atoms with Crippen LogP contribution in [0.4, 0.5) is 5.82 Å². The van der Waals surface area contributed by atoms with Crippen molar-refractivity contribution in [1.29, 1.82) is 0 Å². The first-order valence-corrected chi connectivity index (χ1v) is 8.31. The van der Waals surface area contributed by atoms with Crippen LogP contribution in [-0.2, 0) is 9.53 Å². The Balaban J connectivity index is 1.65. The molecule has 1 aromatic carbocycles. The number of aromatic amines is 1. The van der Waals surface area contributed by atoms with Crippen molar-refractivity contribution < 1.29 is 19.1 Å². The van der Waals surface area contributed by atoms with Crippen LogP contribution in [0, 0.1) is 0 Å². The molecule has 0 saturated carbocycles. The lowest BCUT2D eigenvalue weighted by atomic mass is 9.86. The number of carbonyl (C=O) groups is 2. The molecule has 136 valence electrons. The van der Waals surface area contributed by atoms with Gasteiger partial charge in [0.1, 0.15) is 11.4 Å². The zero-order chi connectivity index (χ0) is 18.8. The van der Waals surface area contributed by atoms with Crippen LogP contribution in [0.25, 0.3) is 0 Å². The summed E-state index contributed by atoms with van der Waals surface area (Å²) in [4.78, 5) is 28.4. The number of methoxy groups -OCH3 is 1. The molecule has 1 amide bonds. The Morgan fingerprint density at radius 2 is 2.00 bits per heavy atom. The molecular formula is C19H16N4O4. The van der Waals surface area contributed by atoms with Gasteiger partial charge in [0, 0.05) is 30.2 Å². The molecule has 0 fully saturated rings. The van der Waals surface area contributed by atoms with Crippen molar-refractivity contribution in [1.82, 2.24) is 15.2 Å². The van der Waals surface area contributed by atoms with Crippen LogP contribution in [0.2, 0.25) is 0 Å². The quantitative estimate of drug-likeness (QED) is 0.690. The molecule has 2 N–H and O–H groups in total. The molecule has 0 saturated heterocycles. The fourth-order valence-electron chi connectivity index (χ4n) is 3.07. The molecule has 3 aromatic rings. The summed E-state index contributed by atoms with van der Waals surface area (Å²) in [6, 6.07) is 12.9. The summed E-state index contributed by atoms with van der Waals surface area (Å²) >= 11 is 0. The predicted molar refractivity (Wildman–Crippen MR) is 95.8 cm³/mol. The van der Waals surface area contributed by atoms with Gasteiger partial charge < -0.3 is 14.8 Å². The summed E-state index contributed by atoms with van der Waals surface area (Å²) in [5.74, 6) is 0.369.